The summed E-state index contributed by atoms with van der Waals surface area (Å²) in [7, 11) is 1.26. The summed E-state index contributed by atoms with van der Waals surface area (Å²) in [6.45, 7) is 1.49. The maximum absolute atomic E-state index is 11.0. The van der Waals surface area contributed by atoms with E-state index in [1.807, 2.05) is 0 Å². The molecule has 1 atom stereocenters. The van der Waals surface area contributed by atoms with Gasteiger partial charge in [0.15, 0.2) is 0 Å². The van der Waals surface area contributed by atoms with Gasteiger partial charge in [0, 0.05) is 5.88 Å². The Bertz CT molecular complexity index is 183. The number of alkyl halides is 1. The Morgan fingerprint density at radius 2 is 2.33 bits per heavy atom. The maximum atomic E-state index is 11.0. The molecule has 0 bridgehead atoms. The molecule has 0 aromatic heterocycles. The highest BCUT2D eigenvalue weighted by Gasteiger charge is 2.32. The second-order valence-electron chi connectivity index (χ2n) is 2.27. The van der Waals surface area contributed by atoms with Gasteiger partial charge in [-0.2, -0.15) is 0 Å². The Labute approximate surface area is 76.2 Å². The van der Waals surface area contributed by atoms with Crippen molar-refractivity contribution < 1.29 is 14.4 Å². The van der Waals surface area contributed by atoms with Crippen LogP contribution in [0.15, 0.2) is 12.2 Å². The van der Waals surface area contributed by atoms with Crippen LogP contribution < -0.4 is 5.90 Å². The van der Waals surface area contributed by atoms with E-state index in [1.54, 1.807) is 6.08 Å². The van der Waals surface area contributed by atoms with Gasteiger partial charge >= 0.3 is 5.97 Å². The van der Waals surface area contributed by atoms with E-state index in [4.69, 9.17) is 17.5 Å². The zero-order valence-corrected chi connectivity index (χ0v) is 7.80. The molecule has 0 saturated heterocycles. The highest BCUT2D eigenvalue weighted by atomic mass is 35.5. The molecule has 12 heavy (non-hydrogen) atoms. The van der Waals surface area contributed by atoms with Crippen molar-refractivity contribution in [1.29, 1.82) is 0 Å². The predicted octanol–water partition coefficient (Wildman–Crippen LogP) is 0.603. The summed E-state index contributed by atoms with van der Waals surface area (Å²) in [5, 5.41) is 0. The molecule has 5 heteroatoms. The molecule has 0 aromatic rings. The van der Waals surface area contributed by atoms with Crippen molar-refractivity contribution in [2.75, 3.05) is 13.0 Å². The van der Waals surface area contributed by atoms with Crippen LogP contribution in [-0.4, -0.2) is 24.6 Å². The molecule has 0 aromatic carbocycles. The maximum Gasteiger partial charge on any atom is 0.344 e. The van der Waals surface area contributed by atoms with Crippen molar-refractivity contribution in [3.8, 4) is 0 Å². The average Bonchev–Trinajstić information content (AvgIpc) is 2.12. The smallest absolute Gasteiger partial charge is 0.344 e. The first-order valence-electron chi connectivity index (χ1n) is 3.30. The molecule has 0 aliphatic rings. The van der Waals surface area contributed by atoms with Gasteiger partial charge < -0.3 is 4.74 Å². The molecule has 0 fully saturated rings. The molecule has 70 valence electrons. The third kappa shape index (κ3) is 2.81. The summed E-state index contributed by atoms with van der Waals surface area (Å²) in [4.78, 5) is 15.5. The third-order valence-electron chi connectivity index (χ3n) is 1.36. The Morgan fingerprint density at radius 1 is 1.75 bits per heavy atom. The summed E-state index contributed by atoms with van der Waals surface area (Å²) in [6, 6.07) is 0. The van der Waals surface area contributed by atoms with Gasteiger partial charge in [-0.25, -0.2) is 10.7 Å². The lowest BCUT2D eigenvalue weighted by Crippen LogP contribution is -2.39. The predicted molar refractivity (Wildman–Crippen MR) is 45.6 cm³/mol. The molecule has 0 spiro atoms. The number of rotatable bonds is 4. The molecule has 0 saturated carbocycles. The number of carbonyl (C=O) groups is 1. The van der Waals surface area contributed by atoms with E-state index in [1.165, 1.54) is 20.1 Å². The van der Waals surface area contributed by atoms with E-state index < -0.39 is 11.6 Å². The van der Waals surface area contributed by atoms with E-state index in [9.17, 15) is 4.79 Å². The number of hydrogen-bond acceptors (Lipinski definition) is 4. The van der Waals surface area contributed by atoms with Crippen LogP contribution in [0.5, 0.6) is 0 Å². The monoisotopic (exact) mass is 193 g/mol. The van der Waals surface area contributed by atoms with Gasteiger partial charge in [-0.15, -0.1) is 11.6 Å². The van der Waals surface area contributed by atoms with E-state index in [2.05, 4.69) is 9.57 Å². The fourth-order valence-corrected chi connectivity index (χ4v) is 0.717. The third-order valence-corrected chi connectivity index (χ3v) is 1.54. The van der Waals surface area contributed by atoms with E-state index in [0.717, 1.165) is 0 Å². The first-order valence-corrected chi connectivity index (χ1v) is 3.84. The van der Waals surface area contributed by atoms with Gasteiger partial charge in [-0.3, -0.25) is 4.84 Å². The van der Waals surface area contributed by atoms with Crippen LogP contribution in [0.3, 0.4) is 0 Å². The topological polar surface area (TPSA) is 61.5 Å². The largest absolute Gasteiger partial charge is 0.467 e. The van der Waals surface area contributed by atoms with Crippen LogP contribution in [0.1, 0.15) is 6.92 Å². The lowest BCUT2D eigenvalue weighted by Gasteiger charge is -2.19. The molecular weight excluding hydrogens is 182 g/mol. The Kier molecular flexibility index (Phi) is 4.89. The molecular formula is C7H12ClNO3. The minimum Gasteiger partial charge on any atom is -0.467 e. The van der Waals surface area contributed by atoms with Gasteiger partial charge in [-0.05, 0) is 13.0 Å². The Hall–Kier alpha value is -0.580. The summed E-state index contributed by atoms with van der Waals surface area (Å²) >= 11 is 5.38. The SMILES string of the molecule is COC(=O)C(C)(C=CCCl)ON. The molecule has 0 aliphatic heterocycles. The van der Waals surface area contributed by atoms with Gasteiger partial charge in [-0.1, -0.05) is 6.08 Å². The minimum absolute atomic E-state index is 0.288. The second kappa shape index (κ2) is 5.13. The number of carbonyl (C=O) groups excluding carboxylic acids is 1. The molecule has 0 rings (SSSR count). The van der Waals surface area contributed by atoms with Crippen molar-refractivity contribution in [3.63, 3.8) is 0 Å². The zero-order chi connectivity index (χ0) is 9.61. The van der Waals surface area contributed by atoms with Crippen LogP contribution in [0.4, 0.5) is 0 Å². The summed E-state index contributed by atoms with van der Waals surface area (Å²) in [5.74, 6) is 4.65. The first kappa shape index (κ1) is 11.4. The fraction of sp³-hybridized carbons (Fsp3) is 0.571. The highest BCUT2D eigenvalue weighted by molar-refractivity contribution is 6.18. The number of ether oxygens (including phenoxy) is 1. The number of esters is 1. The fourth-order valence-electron chi connectivity index (χ4n) is 0.628. The molecule has 0 aliphatic carbocycles. The quantitative estimate of drug-likeness (QED) is 0.308. The van der Waals surface area contributed by atoms with Crippen LogP contribution in [0.2, 0.25) is 0 Å². The van der Waals surface area contributed by atoms with Gasteiger partial charge in [0.25, 0.3) is 0 Å². The number of hydrogen-bond donors (Lipinski definition) is 1. The number of allylic oxidation sites excluding steroid dienone is 1. The number of methoxy groups -OCH3 is 1. The summed E-state index contributed by atoms with van der Waals surface area (Å²) in [5.41, 5.74) is -1.25. The van der Waals surface area contributed by atoms with E-state index in [-0.39, 0.29) is 5.88 Å². The first-order chi connectivity index (χ1) is 5.60. The number of halogens is 1. The van der Waals surface area contributed by atoms with Crippen LogP contribution in [0.25, 0.3) is 0 Å². The van der Waals surface area contributed by atoms with Gasteiger partial charge in [0.1, 0.15) is 0 Å². The lowest BCUT2D eigenvalue weighted by atomic mass is 10.1. The zero-order valence-electron chi connectivity index (χ0n) is 7.04. The van der Waals surface area contributed by atoms with E-state index in [0.29, 0.717) is 0 Å². The lowest BCUT2D eigenvalue weighted by molar-refractivity contribution is -0.161. The molecule has 2 N–H and O–H groups in total. The molecule has 0 radical (unpaired) electrons. The van der Waals surface area contributed by atoms with E-state index >= 15 is 0 Å². The standard InChI is InChI=1S/C7H12ClNO3/c1-7(12-9,4-3-5-8)6(10)11-2/h3-4H,5,9H2,1-2H3. The van der Waals surface area contributed by atoms with Crippen molar-refractivity contribution >= 4 is 17.6 Å². The molecule has 4 nitrogen and oxygen atoms in total. The summed E-state index contributed by atoms with van der Waals surface area (Å²) in [6.07, 6.45) is 3.01. The summed E-state index contributed by atoms with van der Waals surface area (Å²) < 4.78 is 4.47. The highest BCUT2D eigenvalue weighted by Crippen LogP contribution is 2.11. The van der Waals surface area contributed by atoms with Crippen molar-refractivity contribution in [1.82, 2.24) is 0 Å². The Morgan fingerprint density at radius 3 is 2.67 bits per heavy atom. The number of nitrogens with two attached hydrogens (primary N) is 1. The molecule has 1 unspecified atom stereocenters. The normalized spacial score (nSPS) is 16.0. The Balaban J connectivity index is 4.44. The van der Waals surface area contributed by atoms with Crippen LogP contribution in [0, 0.1) is 0 Å². The van der Waals surface area contributed by atoms with Crippen molar-refractivity contribution in [3.05, 3.63) is 12.2 Å². The van der Waals surface area contributed by atoms with Crippen LogP contribution >= 0.6 is 11.6 Å². The van der Waals surface area contributed by atoms with Crippen molar-refractivity contribution in [2.24, 2.45) is 5.90 Å². The van der Waals surface area contributed by atoms with Crippen molar-refractivity contribution in [2.45, 2.75) is 12.5 Å². The second-order valence-corrected chi connectivity index (χ2v) is 2.58. The average molecular weight is 194 g/mol. The van der Waals surface area contributed by atoms with Crippen LogP contribution in [-0.2, 0) is 14.4 Å². The van der Waals surface area contributed by atoms with Gasteiger partial charge in [0.2, 0.25) is 5.60 Å². The molecule has 0 amide bonds. The minimum atomic E-state index is -1.25. The molecule has 0 heterocycles. The van der Waals surface area contributed by atoms with Gasteiger partial charge in [0.05, 0.1) is 7.11 Å².